The molecule has 0 aromatic heterocycles. The topological polar surface area (TPSA) is 77.5 Å². The molecule has 2 heterocycles. The van der Waals surface area contributed by atoms with E-state index in [0.717, 1.165) is 12.8 Å². The Labute approximate surface area is 162 Å². The zero-order chi connectivity index (χ0) is 20.2. The van der Waals surface area contributed by atoms with Crippen LogP contribution in [-0.2, 0) is 28.6 Å². The molecule has 8 nitrogen and oxygen atoms in total. The minimum absolute atomic E-state index is 0.0569. The predicted molar refractivity (Wildman–Crippen MR) is 100 cm³/mol. The Kier molecular flexibility index (Phi) is 7.30. The van der Waals surface area contributed by atoms with Gasteiger partial charge in [-0.15, -0.1) is 0 Å². The summed E-state index contributed by atoms with van der Waals surface area (Å²) < 4.78 is 22.2. The Morgan fingerprint density at radius 3 is 1.48 bits per heavy atom. The fraction of sp³-hybridized carbons (Fsp3) is 0.889. The van der Waals surface area contributed by atoms with Crippen molar-refractivity contribution < 1.29 is 28.6 Å². The minimum Gasteiger partial charge on any atom is -0.459 e. The quantitative estimate of drug-likeness (QED) is 0.506. The average Bonchev–Trinajstić information content (AvgIpc) is 3.12. The van der Waals surface area contributed by atoms with Crippen LogP contribution in [0.3, 0.4) is 0 Å². The fourth-order valence-corrected chi connectivity index (χ4v) is 3.16. The van der Waals surface area contributed by atoms with Crippen LogP contribution in [0, 0.1) is 0 Å². The highest BCUT2D eigenvalue weighted by Gasteiger charge is 2.37. The summed E-state index contributed by atoms with van der Waals surface area (Å²) in [6.45, 7) is 12.4. The van der Waals surface area contributed by atoms with Gasteiger partial charge in [0, 0.05) is 13.1 Å². The van der Waals surface area contributed by atoms with Gasteiger partial charge in [-0.05, 0) is 67.2 Å². The summed E-state index contributed by atoms with van der Waals surface area (Å²) in [5.41, 5.74) is -1.06. The molecule has 0 N–H and O–H groups in total. The van der Waals surface area contributed by atoms with Crippen LogP contribution in [0.15, 0.2) is 0 Å². The van der Waals surface area contributed by atoms with Gasteiger partial charge in [-0.25, -0.2) is 0 Å². The maximum Gasteiger partial charge on any atom is 0.474 e. The summed E-state index contributed by atoms with van der Waals surface area (Å²) in [6.07, 6.45) is 3.10. The second-order valence-corrected chi connectivity index (χ2v) is 9.04. The summed E-state index contributed by atoms with van der Waals surface area (Å²) in [4.78, 5) is 24.6. The van der Waals surface area contributed by atoms with Gasteiger partial charge in [0.15, 0.2) is 0 Å². The molecule has 154 valence electrons. The first kappa shape index (κ1) is 22.1. The van der Waals surface area contributed by atoms with Crippen molar-refractivity contribution in [1.29, 1.82) is 0 Å². The number of nitrogens with zero attached hydrogens (tertiary/aromatic N) is 2. The van der Waals surface area contributed by atoms with Gasteiger partial charge in [-0.2, -0.15) is 10.1 Å². The van der Waals surface area contributed by atoms with Gasteiger partial charge in [0.1, 0.15) is 23.3 Å². The Bertz CT molecular complexity index is 485. The maximum absolute atomic E-state index is 12.3. The van der Waals surface area contributed by atoms with Gasteiger partial charge < -0.3 is 19.0 Å². The van der Waals surface area contributed by atoms with Crippen molar-refractivity contribution in [2.75, 3.05) is 13.1 Å². The summed E-state index contributed by atoms with van der Waals surface area (Å²) in [7, 11) is -0.0569. The molecule has 0 radical (unpaired) electrons. The third kappa shape index (κ3) is 7.06. The molecule has 2 atom stereocenters. The molecular weight excluding hydrogens is 351 g/mol. The van der Waals surface area contributed by atoms with Crippen molar-refractivity contribution in [3.05, 3.63) is 0 Å². The second-order valence-electron chi connectivity index (χ2n) is 9.04. The zero-order valence-electron chi connectivity index (χ0n) is 17.4. The first-order chi connectivity index (χ1) is 12.5. The van der Waals surface area contributed by atoms with Gasteiger partial charge in [0.25, 0.3) is 0 Å². The predicted octanol–water partition coefficient (Wildman–Crippen LogP) is 1.73. The lowest BCUT2D eigenvalue weighted by molar-refractivity contribution is -0.184. The zero-order valence-corrected chi connectivity index (χ0v) is 17.4. The van der Waals surface area contributed by atoms with E-state index in [9.17, 15) is 9.59 Å². The van der Waals surface area contributed by atoms with Crippen LogP contribution in [0.5, 0.6) is 0 Å². The van der Waals surface area contributed by atoms with E-state index in [1.54, 1.807) is 10.1 Å². The summed E-state index contributed by atoms with van der Waals surface area (Å²) in [5.74, 6) is -0.569. The lowest BCUT2D eigenvalue weighted by atomic mass is 10.1. The highest BCUT2D eigenvalue weighted by atomic mass is 16.8. The normalized spacial score (nSPS) is 24.8. The number of rotatable bonds is 6. The molecule has 0 aromatic carbocycles. The monoisotopic (exact) mass is 384 g/mol. The summed E-state index contributed by atoms with van der Waals surface area (Å²) in [5, 5.41) is 3.24. The van der Waals surface area contributed by atoms with E-state index in [1.807, 2.05) is 41.5 Å². The molecule has 0 aliphatic carbocycles. The van der Waals surface area contributed by atoms with E-state index in [4.69, 9.17) is 19.0 Å². The molecule has 2 saturated heterocycles. The third-order valence-corrected chi connectivity index (χ3v) is 4.20. The highest BCUT2D eigenvalue weighted by molar-refractivity contribution is 6.17. The van der Waals surface area contributed by atoms with Gasteiger partial charge in [0.05, 0.1) is 0 Å². The first-order valence-electron chi connectivity index (χ1n) is 9.71. The average molecular weight is 384 g/mol. The van der Waals surface area contributed by atoms with Crippen LogP contribution in [0.4, 0.5) is 0 Å². The van der Waals surface area contributed by atoms with Crippen LogP contribution < -0.4 is 0 Å². The van der Waals surface area contributed by atoms with Gasteiger partial charge >= 0.3 is 19.6 Å². The molecule has 27 heavy (non-hydrogen) atoms. The smallest absolute Gasteiger partial charge is 0.459 e. The fourth-order valence-electron chi connectivity index (χ4n) is 3.16. The lowest BCUT2D eigenvalue weighted by Gasteiger charge is -2.29. The van der Waals surface area contributed by atoms with Crippen molar-refractivity contribution in [3.63, 3.8) is 0 Å². The van der Waals surface area contributed by atoms with E-state index in [2.05, 4.69) is 0 Å². The number of carbonyl (C=O) groups is 2. The number of hydrogen-bond donors (Lipinski definition) is 0. The summed E-state index contributed by atoms with van der Waals surface area (Å²) in [6, 6.07) is -0.846. The Balaban J connectivity index is 1.80. The molecule has 0 bridgehead atoms. The Morgan fingerprint density at radius 1 is 0.778 bits per heavy atom. The van der Waals surface area contributed by atoms with Crippen LogP contribution in [0.1, 0.15) is 67.2 Å². The standard InChI is InChI=1S/C18H33BN2O6/c1-17(2,3)24-15(22)13-9-7-11-20(13)26-19-27-21-12-8-10-14(21)16(23)25-18(4,5)6/h13-14,19H,7-12H2,1-6H3/t13-,14-/m1/s1. The van der Waals surface area contributed by atoms with Gasteiger partial charge in [-0.3, -0.25) is 9.59 Å². The number of hydrogen-bond acceptors (Lipinski definition) is 8. The molecule has 0 aromatic rings. The number of esters is 2. The molecule has 0 saturated carbocycles. The SMILES string of the molecule is CC(C)(C)OC(=O)[C@H]1CCCN1OBON1CCC[C@@H]1C(=O)OC(C)(C)C. The van der Waals surface area contributed by atoms with E-state index in [1.165, 1.54) is 0 Å². The van der Waals surface area contributed by atoms with E-state index >= 15 is 0 Å². The first-order valence-corrected chi connectivity index (χ1v) is 9.71. The van der Waals surface area contributed by atoms with Crippen LogP contribution in [0.2, 0.25) is 0 Å². The van der Waals surface area contributed by atoms with Gasteiger partial charge in [0.2, 0.25) is 0 Å². The minimum atomic E-state index is -0.530. The van der Waals surface area contributed by atoms with Crippen LogP contribution in [0.25, 0.3) is 0 Å². The molecule has 9 heteroatoms. The molecule has 2 rings (SSSR count). The molecule has 0 unspecified atom stereocenters. The van der Waals surface area contributed by atoms with Crippen LogP contribution >= 0.6 is 0 Å². The van der Waals surface area contributed by atoms with Crippen LogP contribution in [-0.4, -0.2) is 66.1 Å². The summed E-state index contributed by atoms with van der Waals surface area (Å²) >= 11 is 0. The number of ether oxygens (including phenoxy) is 2. The Hall–Kier alpha value is -1.16. The molecule has 0 amide bonds. The molecular formula is C18H33BN2O6. The molecule has 2 aliphatic rings. The van der Waals surface area contributed by atoms with E-state index < -0.39 is 23.3 Å². The molecule has 2 fully saturated rings. The van der Waals surface area contributed by atoms with Crippen molar-refractivity contribution in [2.24, 2.45) is 0 Å². The van der Waals surface area contributed by atoms with E-state index in [-0.39, 0.29) is 19.6 Å². The molecule has 0 spiro atoms. The number of hydroxylamine groups is 4. The number of carbonyl (C=O) groups excluding carboxylic acids is 2. The van der Waals surface area contributed by atoms with Crippen molar-refractivity contribution in [1.82, 2.24) is 10.1 Å². The van der Waals surface area contributed by atoms with Gasteiger partial charge in [-0.1, -0.05) is 0 Å². The Morgan fingerprint density at radius 2 is 1.15 bits per heavy atom. The van der Waals surface area contributed by atoms with Crippen molar-refractivity contribution in [2.45, 2.75) is 90.5 Å². The van der Waals surface area contributed by atoms with Crippen molar-refractivity contribution >= 4 is 19.6 Å². The largest absolute Gasteiger partial charge is 0.474 e. The maximum atomic E-state index is 12.3. The highest BCUT2D eigenvalue weighted by Crippen LogP contribution is 2.23. The van der Waals surface area contributed by atoms with E-state index in [0.29, 0.717) is 25.9 Å². The molecule has 2 aliphatic heterocycles. The van der Waals surface area contributed by atoms with Crippen molar-refractivity contribution in [3.8, 4) is 0 Å². The lowest BCUT2D eigenvalue weighted by Crippen LogP contribution is -2.44. The second kappa shape index (κ2) is 8.90. The third-order valence-electron chi connectivity index (χ3n) is 4.20.